The van der Waals surface area contributed by atoms with E-state index >= 15 is 0 Å². The second-order valence-electron chi connectivity index (χ2n) is 6.86. The van der Waals surface area contributed by atoms with Crippen molar-refractivity contribution in [2.45, 2.75) is 26.4 Å². The predicted molar refractivity (Wildman–Crippen MR) is 91.0 cm³/mol. The third-order valence-electron chi connectivity index (χ3n) is 4.78. The number of ether oxygens (including phenoxy) is 1. The number of allylic oxidation sites excluding steroid dienone is 2. The minimum absolute atomic E-state index is 0.0219. The van der Waals surface area contributed by atoms with E-state index < -0.39 is 23.8 Å². The van der Waals surface area contributed by atoms with Crippen LogP contribution in [0.1, 0.15) is 30.6 Å². The van der Waals surface area contributed by atoms with E-state index in [4.69, 9.17) is 4.74 Å². The lowest BCUT2D eigenvalue weighted by molar-refractivity contribution is -0.146. The quantitative estimate of drug-likeness (QED) is 0.633. The molecule has 4 atom stereocenters. The maximum atomic E-state index is 12.6. The van der Waals surface area contributed by atoms with Gasteiger partial charge in [0.25, 0.3) is 0 Å². The molecule has 6 heteroatoms. The summed E-state index contributed by atoms with van der Waals surface area (Å²) in [6.07, 6.45) is 4.36. The zero-order chi connectivity index (χ0) is 18.1. The number of esters is 1. The number of anilines is 1. The number of aliphatic carboxylic acids is 1. The third-order valence-corrected chi connectivity index (χ3v) is 4.78. The number of carboxylic acid groups (broad SMARTS) is 1. The molecule has 0 unspecified atom stereocenters. The first kappa shape index (κ1) is 17.2. The highest BCUT2D eigenvalue weighted by Crippen LogP contribution is 2.48. The molecule has 2 aliphatic carbocycles. The number of nitrogens with one attached hydrogen (secondary N) is 1. The van der Waals surface area contributed by atoms with Crippen LogP contribution < -0.4 is 5.32 Å². The van der Waals surface area contributed by atoms with Crippen molar-refractivity contribution in [3.8, 4) is 0 Å². The zero-order valence-electron chi connectivity index (χ0n) is 14.1. The van der Waals surface area contributed by atoms with Crippen molar-refractivity contribution in [3.05, 3.63) is 42.0 Å². The minimum Gasteiger partial charge on any atom is -0.481 e. The summed E-state index contributed by atoms with van der Waals surface area (Å²) in [5.74, 6) is -2.95. The number of amides is 1. The molecule has 25 heavy (non-hydrogen) atoms. The number of fused-ring (bicyclic) bond motifs is 2. The van der Waals surface area contributed by atoms with E-state index in [-0.39, 0.29) is 23.8 Å². The molecule has 0 radical (unpaired) electrons. The van der Waals surface area contributed by atoms with E-state index in [2.05, 4.69) is 5.32 Å². The second-order valence-corrected chi connectivity index (χ2v) is 6.86. The second kappa shape index (κ2) is 6.70. The van der Waals surface area contributed by atoms with E-state index in [0.717, 1.165) is 6.42 Å². The van der Waals surface area contributed by atoms with Gasteiger partial charge in [-0.1, -0.05) is 12.2 Å². The topological polar surface area (TPSA) is 92.7 Å². The van der Waals surface area contributed by atoms with Crippen LogP contribution in [-0.4, -0.2) is 29.1 Å². The van der Waals surface area contributed by atoms with Gasteiger partial charge >= 0.3 is 11.9 Å². The molecule has 0 saturated heterocycles. The standard InChI is InChI=1S/C19H21NO5/c1-10(2)25-19(24)11-5-7-14(8-6-11)20-17(21)15-12-3-4-13(9-12)16(15)18(22)23/h3-8,10,12-13,15-16H,9H2,1-2H3,(H,20,21)(H,22,23)/t12-,13+,15-,16+/m1/s1. The Hall–Kier alpha value is -2.63. The van der Waals surface area contributed by atoms with Gasteiger partial charge in [0.15, 0.2) is 0 Å². The maximum absolute atomic E-state index is 12.6. The third kappa shape index (κ3) is 3.43. The molecule has 2 N–H and O–H groups in total. The fourth-order valence-electron chi connectivity index (χ4n) is 3.71. The molecule has 3 rings (SSSR count). The van der Waals surface area contributed by atoms with Crippen LogP contribution >= 0.6 is 0 Å². The number of benzene rings is 1. The van der Waals surface area contributed by atoms with Crippen molar-refractivity contribution in [1.82, 2.24) is 0 Å². The number of carboxylic acids is 1. The molecule has 0 aliphatic heterocycles. The Kier molecular flexibility index (Phi) is 4.61. The molecule has 0 spiro atoms. The SMILES string of the molecule is CC(C)OC(=O)c1ccc(NC(=O)[C@H]2[C@@H](C(=O)O)[C@H]3C=C[C@@H]2C3)cc1. The van der Waals surface area contributed by atoms with E-state index in [1.807, 2.05) is 12.2 Å². The summed E-state index contributed by atoms with van der Waals surface area (Å²) >= 11 is 0. The van der Waals surface area contributed by atoms with Gasteiger partial charge in [-0.25, -0.2) is 4.79 Å². The Balaban J connectivity index is 1.68. The van der Waals surface area contributed by atoms with Gasteiger partial charge in [0.1, 0.15) is 0 Å². The summed E-state index contributed by atoms with van der Waals surface area (Å²) in [5, 5.41) is 12.2. The molecule has 1 amide bonds. The first-order chi connectivity index (χ1) is 11.9. The molecule has 2 bridgehead atoms. The fourth-order valence-corrected chi connectivity index (χ4v) is 3.71. The summed E-state index contributed by atoms with van der Waals surface area (Å²) in [6.45, 7) is 3.55. The maximum Gasteiger partial charge on any atom is 0.338 e. The molecular weight excluding hydrogens is 322 g/mol. The van der Waals surface area contributed by atoms with Gasteiger partial charge in [0.05, 0.1) is 23.5 Å². The van der Waals surface area contributed by atoms with E-state index in [9.17, 15) is 19.5 Å². The van der Waals surface area contributed by atoms with Crippen LogP contribution in [0.5, 0.6) is 0 Å². The Morgan fingerprint density at radius 1 is 1.08 bits per heavy atom. The summed E-state index contributed by atoms with van der Waals surface area (Å²) in [7, 11) is 0. The highest BCUT2D eigenvalue weighted by atomic mass is 16.5. The highest BCUT2D eigenvalue weighted by Gasteiger charge is 2.51. The van der Waals surface area contributed by atoms with Gasteiger partial charge in [-0.3, -0.25) is 9.59 Å². The Labute approximate surface area is 145 Å². The minimum atomic E-state index is -0.927. The number of rotatable bonds is 5. The molecule has 1 aromatic carbocycles. The lowest BCUT2D eigenvalue weighted by atomic mass is 9.82. The molecule has 1 fully saturated rings. The van der Waals surface area contributed by atoms with Crippen molar-refractivity contribution < 1.29 is 24.2 Å². The van der Waals surface area contributed by atoms with Crippen molar-refractivity contribution >= 4 is 23.5 Å². The van der Waals surface area contributed by atoms with Crippen LogP contribution in [0.2, 0.25) is 0 Å². The summed E-state index contributed by atoms with van der Waals surface area (Å²) < 4.78 is 5.11. The van der Waals surface area contributed by atoms with Gasteiger partial charge in [-0.2, -0.15) is 0 Å². The first-order valence-corrected chi connectivity index (χ1v) is 8.40. The lowest BCUT2D eigenvalue weighted by Gasteiger charge is -2.23. The van der Waals surface area contributed by atoms with Crippen molar-refractivity contribution in [1.29, 1.82) is 0 Å². The summed E-state index contributed by atoms with van der Waals surface area (Å²) in [6, 6.07) is 6.40. The average molecular weight is 343 g/mol. The zero-order valence-corrected chi connectivity index (χ0v) is 14.1. The van der Waals surface area contributed by atoms with Gasteiger partial charge in [0.2, 0.25) is 5.91 Å². The molecule has 1 aromatic rings. The highest BCUT2D eigenvalue weighted by molar-refractivity contribution is 5.97. The van der Waals surface area contributed by atoms with Gasteiger partial charge < -0.3 is 15.2 Å². The molecule has 132 valence electrons. The Bertz CT molecular complexity index is 722. The van der Waals surface area contributed by atoms with Crippen LogP contribution in [0.3, 0.4) is 0 Å². The monoisotopic (exact) mass is 343 g/mol. The van der Waals surface area contributed by atoms with Crippen LogP contribution in [0.15, 0.2) is 36.4 Å². The predicted octanol–water partition coefficient (Wildman–Crippen LogP) is 2.71. The fraction of sp³-hybridized carbons (Fsp3) is 0.421. The number of carbonyl (C=O) groups excluding carboxylic acids is 2. The van der Waals surface area contributed by atoms with Crippen molar-refractivity contribution in [3.63, 3.8) is 0 Å². The van der Waals surface area contributed by atoms with Gasteiger partial charge in [0, 0.05) is 5.69 Å². The number of carbonyl (C=O) groups is 3. The molecule has 6 nitrogen and oxygen atoms in total. The lowest BCUT2D eigenvalue weighted by Crippen LogP contribution is -2.36. The average Bonchev–Trinajstić information content (AvgIpc) is 3.15. The van der Waals surface area contributed by atoms with Gasteiger partial charge in [-0.05, 0) is 56.4 Å². The summed E-state index contributed by atoms with van der Waals surface area (Å²) in [5.41, 5.74) is 0.931. The normalized spacial score (nSPS) is 26.7. The van der Waals surface area contributed by atoms with Crippen LogP contribution in [-0.2, 0) is 14.3 Å². The number of hydrogen-bond acceptors (Lipinski definition) is 4. The van der Waals surface area contributed by atoms with Gasteiger partial charge in [-0.15, -0.1) is 0 Å². The summed E-state index contributed by atoms with van der Waals surface area (Å²) in [4.78, 5) is 35.9. The molecule has 2 aliphatic rings. The largest absolute Gasteiger partial charge is 0.481 e. The first-order valence-electron chi connectivity index (χ1n) is 8.40. The molecule has 1 saturated carbocycles. The van der Waals surface area contributed by atoms with Crippen LogP contribution in [0, 0.1) is 23.7 Å². The van der Waals surface area contributed by atoms with E-state index in [0.29, 0.717) is 11.3 Å². The smallest absolute Gasteiger partial charge is 0.338 e. The van der Waals surface area contributed by atoms with Crippen LogP contribution in [0.25, 0.3) is 0 Å². The van der Waals surface area contributed by atoms with Crippen molar-refractivity contribution in [2.24, 2.45) is 23.7 Å². The van der Waals surface area contributed by atoms with E-state index in [1.54, 1.807) is 38.1 Å². The molecular formula is C19H21NO5. The molecule has 0 aromatic heterocycles. The Morgan fingerprint density at radius 2 is 1.68 bits per heavy atom. The Morgan fingerprint density at radius 3 is 2.24 bits per heavy atom. The number of hydrogen-bond donors (Lipinski definition) is 2. The van der Waals surface area contributed by atoms with Crippen molar-refractivity contribution in [2.75, 3.05) is 5.32 Å². The van der Waals surface area contributed by atoms with Crippen LogP contribution in [0.4, 0.5) is 5.69 Å². The molecule has 0 heterocycles. The van der Waals surface area contributed by atoms with E-state index in [1.165, 1.54) is 0 Å².